The summed E-state index contributed by atoms with van der Waals surface area (Å²) in [5.41, 5.74) is 0.786. The van der Waals surface area contributed by atoms with Gasteiger partial charge in [0.15, 0.2) is 8.38 Å². The molecule has 0 heterocycles. The van der Waals surface area contributed by atoms with Crippen LogP contribution >= 0.6 is 8.38 Å². The Balaban J connectivity index is 2.47. The van der Waals surface area contributed by atoms with Gasteiger partial charge in [0.05, 0.1) is 5.66 Å². The summed E-state index contributed by atoms with van der Waals surface area (Å²) in [6.07, 6.45) is 0. The Bertz CT molecular complexity index is 468. The number of fused-ring (bicyclic) bond motifs is 1. The summed E-state index contributed by atoms with van der Waals surface area (Å²) in [6.45, 7) is 1.83. The number of hydrogen-bond donors (Lipinski definition) is 2. The van der Waals surface area contributed by atoms with Crippen LogP contribution in [-0.2, 0) is 0 Å². The third-order valence-corrected chi connectivity index (χ3v) is 3.59. The highest BCUT2D eigenvalue weighted by Crippen LogP contribution is 2.43. The molecule has 0 spiro atoms. The first-order valence-electron chi connectivity index (χ1n) is 4.84. The SMILES string of the molecule is CC(c1ccc2ccccc2c1)P(O)O. The van der Waals surface area contributed by atoms with Gasteiger partial charge in [0.25, 0.3) is 0 Å². The molecule has 78 valence electrons. The molecule has 0 aliphatic carbocycles. The molecule has 0 aliphatic heterocycles. The second kappa shape index (κ2) is 4.28. The lowest BCUT2D eigenvalue weighted by atomic mass is 10.1. The molecule has 0 aliphatic rings. The zero-order valence-corrected chi connectivity index (χ0v) is 9.35. The first-order chi connectivity index (χ1) is 7.18. The van der Waals surface area contributed by atoms with Crippen LogP contribution in [0, 0.1) is 0 Å². The smallest absolute Gasteiger partial charge is 0.172 e. The van der Waals surface area contributed by atoms with E-state index in [0.29, 0.717) is 0 Å². The molecule has 1 atom stereocenters. The average molecular weight is 220 g/mol. The van der Waals surface area contributed by atoms with E-state index in [9.17, 15) is 0 Å². The summed E-state index contributed by atoms with van der Waals surface area (Å²) < 4.78 is 0. The van der Waals surface area contributed by atoms with Gasteiger partial charge in [-0.3, -0.25) is 0 Å². The summed E-state index contributed by atoms with van der Waals surface area (Å²) in [5, 5.41) is 2.31. The monoisotopic (exact) mass is 220 g/mol. The van der Waals surface area contributed by atoms with Crippen molar-refractivity contribution in [2.24, 2.45) is 0 Å². The predicted molar refractivity (Wildman–Crippen MR) is 63.7 cm³/mol. The van der Waals surface area contributed by atoms with Gasteiger partial charge in [-0.2, -0.15) is 0 Å². The van der Waals surface area contributed by atoms with E-state index in [1.807, 2.05) is 49.4 Å². The second-order valence-corrected chi connectivity index (χ2v) is 5.02. The van der Waals surface area contributed by atoms with Crippen molar-refractivity contribution in [1.29, 1.82) is 0 Å². The molecule has 0 radical (unpaired) electrons. The van der Waals surface area contributed by atoms with Crippen molar-refractivity contribution < 1.29 is 9.79 Å². The molecule has 0 aromatic heterocycles. The Morgan fingerprint density at radius 2 is 1.67 bits per heavy atom. The lowest BCUT2D eigenvalue weighted by molar-refractivity contribution is 0.470. The van der Waals surface area contributed by atoms with Crippen molar-refractivity contribution in [3.05, 3.63) is 48.0 Å². The molecule has 2 N–H and O–H groups in total. The van der Waals surface area contributed by atoms with Gasteiger partial charge >= 0.3 is 0 Å². The van der Waals surface area contributed by atoms with Gasteiger partial charge in [0.2, 0.25) is 0 Å². The van der Waals surface area contributed by atoms with Gasteiger partial charge in [0, 0.05) is 0 Å². The van der Waals surface area contributed by atoms with Crippen LogP contribution < -0.4 is 0 Å². The fourth-order valence-corrected chi connectivity index (χ4v) is 2.03. The highest BCUT2D eigenvalue weighted by Gasteiger charge is 2.13. The highest BCUT2D eigenvalue weighted by atomic mass is 31.2. The summed E-state index contributed by atoms with van der Waals surface area (Å²) in [7, 11) is -1.89. The molecule has 2 rings (SSSR count). The largest absolute Gasteiger partial charge is 0.350 e. The van der Waals surface area contributed by atoms with Gasteiger partial charge in [-0.15, -0.1) is 0 Å². The first kappa shape index (κ1) is 10.6. The summed E-state index contributed by atoms with van der Waals surface area (Å²) in [5.74, 6) is 0. The Morgan fingerprint density at radius 1 is 1.00 bits per heavy atom. The first-order valence-corrected chi connectivity index (χ1v) is 6.16. The van der Waals surface area contributed by atoms with Crippen molar-refractivity contribution in [2.75, 3.05) is 0 Å². The zero-order valence-electron chi connectivity index (χ0n) is 8.46. The van der Waals surface area contributed by atoms with Crippen LogP contribution in [-0.4, -0.2) is 9.79 Å². The lowest BCUT2D eigenvalue weighted by Gasteiger charge is -2.13. The topological polar surface area (TPSA) is 40.5 Å². The van der Waals surface area contributed by atoms with E-state index >= 15 is 0 Å². The van der Waals surface area contributed by atoms with Crippen LogP contribution in [0.15, 0.2) is 42.5 Å². The zero-order chi connectivity index (χ0) is 10.8. The van der Waals surface area contributed by atoms with Crippen LogP contribution in [0.5, 0.6) is 0 Å². The second-order valence-electron chi connectivity index (χ2n) is 3.60. The minimum Gasteiger partial charge on any atom is -0.350 e. The highest BCUT2D eigenvalue weighted by molar-refractivity contribution is 7.45. The van der Waals surface area contributed by atoms with E-state index in [-0.39, 0.29) is 5.66 Å². The lowest BCUT2D eigenvalue weighted by Crippen LogP contribution is -1.90. The number of rotatable bonds is 2. The standard InChI is InChI=1S/C12H13O2P/c1-9(15(13)14)11-7-6-10-4-2-3-5-12(10)8-11/h2-9,13-14H,1H3. The molecule has 2 aromatic rings. The van der Waals surface area contributed by atoms with Gasteiger partial charge in [-0.25, -0.2) is 0 Å². The van der Waals surface area contributed by atoms with Crippen molar-refractivity contribution in [2.45, 2.75) is 12.6 Å². The Kier molecular flexibility index (Phi) is 3.01. The maximum Gasteiger partial charge on any atom is 0.172 e. The molecule has 0 saturated carbocycles. The molecular formula is C12H13O2P. The molecule has 0 saturated heterocycles. The van der Waals surface area contributed by atoms with Crippen LogP contribution in [0.4, 0.5) is 0 Å². The van der Waals surface area contributed by atoms with Gasteiger partial charge in [0.1, 0.15) is 0 Å². The Morgan fingerprint density at radius 3 is 2.33 bits per heavy atom. The Labute approximate surface area is 90.1 Å². The van der Waals surface area contributed by atoms with E-state index in [1.165, 1.54) is 5.39 Å². The van der Waals surface area contributed by atoms with Crippen LogP contribution in [0.3, 0.4) is 0 Å². The van der Waals surface area contributed by atoms with Crippen molar-refractivity contribution in [3.8, 4) is 0 Å². The Hall–Kier alpha value is -0.950. The van der Waals surface area contributed by atoms with E-state index in [4.69, 9.17) is 9.79 Å². The van der Waals surface area contributed by atoms with E-state index in [1.54, 1.807) is 0 Å². The number of benzene rings is 2. The fraction of sp³-hybridized carbons (Fsp3) is 0.167. The van der Waals surface area contributed by atoms with Crippen molar-refractivity contribution >= 4 is 19.1 Å². The average Bonchev–Trinajstić information content (AvgIpc) is 2.27. The third kappa shape index (κ3) is 2.18. The minimum atomic E-state index is -1.89. The van der Waals surface area contributed by atoms with E-state index < -0.39 is 8.38 Å². The van der Waals surface area contributed by atoms with Gasteiger partial charge < -0.3 is 9.79 Å². The summed E-state index contributed by atoms with van der Waals surface area (Å²) >= 11 is 0. The summed E-state index contributed by atoms with van der Waals surface area (Å²) in [4.78, 5) is 18.3. The molecule has 2 aromatic carbocycles. The van der Waals surface area contributed by atoms with E-state index in [2.05, 4.69) is 0 Å². The van der Waals surface area contributed by atoms with Crippen molar-refractivity contribution in [3.63, 3.8) is 0 Å². The fourth-order valence-electron chi connectivity index (χ4n) is 1.60. The van der Waals surface area contributed by atoms with E-state index in [0.717, 1.165) is 10.9 Å². The molecule has 0 bridgehead atoms. The van der Waals surface area contributed by atoms with Crippen LogP contribution in [0.1, 0.15) is 18.1 Å². The van der Waals surface area contributed by atoms with Gasteiger partial charge in [-0.05, 0) is 23.3 Å². The molecule has 0 fully saturated rings. The third-order valence-electron chi connectivity index (χ3n) is 2.60. The maximum absolute atomic E-state index is 9.17. The maximum atomic E-state index is 9.17. The van der Waals surface area contributed by atoms with Gasteiger partial charge in [-0.1, -0.05) is 42.5 Å². The molecular weight excluding hydrogens is 207 g/mol. The predicted octanol–water partition coefficient (Wildman–Crippen LogP) is 3.20. The quantitative estimate of drug-likeness (QED) is 0.763. The molecule has 1 unspecified atom stereocenters. The van der Waals surface area contributed by atoms with Crippen LogP contribution in [0.2, 0.25) is 0 Å². The summed E-state index contributed by atoms with van der Waals surface area (Å²) in [6, 6.07) is 14.0. The normalized spacial score (nSPS) is 13.3. The molecule has 2 nitrogen and oxygen atoms in total. The van der Waals surface area contributed by atoms with Crippen molar-refractivity contribution in [1.82, 2.24) is 0 Å². The van der Waals surface area contributed by atoms with Crippen LogP contribution in [0.25, 0.3) is 10.8 Å². The number of hydrogen-bond acceptors (Lipinski definition) is 2. The molecule has 0 amide bonds. The molecule has 15 heavy (non-hydrogen) atoms. The molecule has 3 heteroatoms. The minimum absolute atomic E-state index is 0.190.